The van der Waals surface area contributed by atoms with Crippen LogP contribution < -0.4 is 10.5 Å². The van der Waals surface area contributed by atoms with Gasteiger partial charge in [-0.1, -0.05) is 17.7 Å². The van der Waals surface area contributed by atoms with Crippen molar-refractivity contribution in [3.8, 4) is 11.8 Å². The molecule has 1 aliphatic rings. The highest BCUT2D eigenvalue weighted by Crippen LogP contribution is 2.43. The van der Waals surface area contributed by atoms with Gasteiger partial charge in [0.1, 0.15) is 11.3 Å². The van der Waals surface area contributed by atoms with Crippen LogP contribution in [-0.4, -0.2) is 25.2 Å². The number of nitrogens with two attached hydrogens (primary N) is 1. The predicted molar refractivity (Wildman–Crippen MR) is 88.1 cm³/mol. The van der Waals surface area contributed by atoms with Gasteiger partial charge in [-0.2, -0.15) is 5.26 Å². The van der Waals surface area contributed by atoms with E-state index in [1.165, 1.54) is 0 Å². The Morgan fingerprint density at radius 1 is 1.32 bits per heavy atom. The molecule has 0 saturated heterocycles. The molecule has 0 amide bonds. The van der Waals surface area contributed by atoms with Crippen LogP contribution in [0.4, 0.5) is 0 Å². The SMILES string of the molecule is CCOC(=O)C1=C(N)Oc2ccc(C)cc2C1C(C#N)C(=O)OCC. The summed E-state index contributed by atoms with van der Waals surface area (Å²) in [6, 6.07) is 7.19. The van der Waals surface area contributed by atoms with Gasteiger partial charge in [0.25, 0.3) is 0 Å². The first-order valence-electron chi connectivity index (χ1n) is 7.95. The molecule has 7 nitrogen and oxygen atoms in total. The molecule has 2 rings (SSSR count). The van der Waals surface area contributed by atoms with E-state index in [9.17, 15) is 14.9 Å². The lowest BCUT2D eigenvalue weighted by Crippen LogP contribution is -2.34. The molecule has 132 valence electrons. The van der Waals surface area contributed by atoms with Gasteiger partial charge in [-0.25, -0.2) is 4.79 Å². The van der Waals surface area contributed by atoms with Gasteiger partial charge < -0.3 is 19.9 Å². The maximum absolute atomic E-state index is 12.4. The summed E-state index contributed by atoms with van der Waals surface area (Å²) in [6.45, 7) is 5.40. The maximum atomic E-state index is 12.4. The number of nitriles is 1. The van der Waals surface area contributed by atoms with Crippen LogP contribution in [-0.2, 0) is 19.1 Å². The van der Waals surface area contributed by atoms with Crippen LogP contribution in [0.3, 0.4) is 0 Å². The second-order valence-electron chi connectivity index (χ2n) is 5.48. The molecular formula is C18H20N2O5. The monoisotopic (exact) mass is 344 g/mol. The number of carbonyl (C=O) groups excluding carboxylic acids is 2. The number of esters is 2. The summed E-state index contributed by atoms with van der Waals surface area (Å²) in [6.07, 6.45) is 0. The predicted octanol–water partition coefficient (Wildman–Crippen LogP) is 1.91. The molecule has 1 heterocycles. The zero-order valence-corrected chi connectivity index (χ0v) is 14.4. The molecule has 0 radical (unpaired) electrons. The Labute approximate surface area is 146 Å². The minimum Gasteiger partial charge on any atom is -0.465 e. The first kappa shape index (κ1) is 18.3. The summed E-state index contributed by atoms with van der Waals surface area (Å²) in [5.41, 5.74) is 7.28. The van der Waals surface area contributed by atoms with Crippen molar-refractivity contribution in [2.45, 2.75) is 26.7 Å². The number of carbonyl (C=O) groups is 2. The maximum Gasteiger partial charge on any atom is 0.340 e. The third kappa shape index (κ3) is 3.58. The van der Waals surface area contributed by atoms with Gasteiger partial charge in [0.2, 0.25) is 5.88 Å². The summed E-state index contributed by atoms with van der Waals surface area (Å²) in [7, 11) is 0. The second-order valence-corrected chi connectivity index (χ2v) is 5.48. The number of hydrogen-bond acceptors (Lipinski definition) is 7. The fourth-order valence-electron chi connectivity index (χ4n) is 2.76. The zero-order chi connectivity index (χ0) is 18.6. The number of aryl methyl sites for hydroxylation is 1. The van der Waals surface area contributed by atoms with Crippen molar-refractivity contribution in [3.63, 3.8) is 0 Å². The highest BCUT2D eigenvalue weighted by Gasteiger charge is 2.43. The van der Waals surface area contributed by atoms with Crippen LogP contribution in [0.15, 0.2) is 29.7 Å². The zero-order valence-electron chi connectivity index (χ0n) is 14.4. The molecule has 1 aromatic carbocycles. The number of benzene rings is 1. The van der Waals surface area contributed by atoms with Gasteiger partial charge >= 0.3 is 11.9 Å². The van der Waals surface area contributed by atoms with Gasteiger partial charge in [-0.05, 0) is 26.8 Å². The van der Waals surface area contributed by atoms with E-state index in [-0.39, 0.29) is 24.7 Å². The molecule has 1 aromatic rings. The molecular weight excluding hydrogens is 324 g/mol. The van der Waals surface area contributed by atoms with E-state index in [2.05, 4.69) is 0 Å². The van der Waals surface area contributed by atoms with Crippen LogP contribution >= 0.6 is 0 Å². The van der Waals surface area contributed by atoms with E-state index in [0.29, 0.717) is 11.3 Å². The number of hydrogen-bond donors (Lipinski definition) is 1. The van der Waals surface area contributed by atoms with Crippen LogP contribution in [0.25, 0.3) is 0 Å². The van der Waals surface area contributed by atoms with Crippen molar-refractivity contribution in [1.29, 1.82) is 5.26 Å². The summed E-state index contributed by atoms with van der Waals surface area (Å²) in [4.78, 5) is 24.7. The first-order valence-corrected chi connectivity index (χ1v) is 7.95. The van der Waals surface area contributed by atoms with Gasteiger partial charge in [-0.3, -0.25) is 4.79 Å². The average molecular weight is 344 g/mol. The Morgan fingerprint density at radius 3 is 2.60 bits per heavy atom. The summed E-state index contributed by atoms with van der Waals surface area (Å²) in [5.74, 6) is -3.40. The van der Waals surface area contributed by atoms with E-state index in [1.54, 1.807) is 26.0 Å². The van der Waals surface area contributed by atoms with Crippen molar-refractivity contribution < 1.29 is 23.8 Å². The van der Waals surface area contributed by atoms with Crippen LogP contribution in [0, 0.1) is 24.2 Å². The lowest BCUT2D eigenvalue weighted by molar-refractivity contribution is -0.146. The number of rotatable bonds is 5. The number of nitrogens with zero attached hydrogens (tertiary/aromatic N) is 1. The highest BCUT2D eigenvalue weighted by atomic mass is 16.5. The highest BCUT2D eigenvalue weighted by molar-refractivity contribution is 5.93. The second kappa shape index (κ2) is 7.71. The minimum absolute atomic E-state index is 0.0421. The Kier molecular flexibility index (Phi) is 5.65. The van der Waals surface area contributed by atoms with Crippen LogP contribution in [0.5, 0.6) is 5.75 Å². The fraction of sp³-hybridized carbons (Fsp3) is 0.389. The Bertz CT molecular complexity index is 763. The normalized spacial score (nSPS) is 17.0. The van der Waals surface area contributed by atoms with Gasteiger partial charge in [0.05, 0.1) is 25.2 Å². The molecule has 0 bridgehead atoms. The smallest absolute Gasteiger partial charge is 0.340 e. The van der Waals surface area contributed by atoms with Crippen molar-refractivity contribution in [2.75, 3.05) is 13.2 Å². The van der Waals surface area contributed by atoms with E-state index in [1.807, 2.05) is 19.1 Å². The van der Waals surface area contributed by atoms with Crippen molar-refractivity contribution in [3.05, 3.63) is 40.8 Å². The van der Waals surface area contributed by atoms with E-state index in [4.69, 9.17) is 19.9 Å². The molecule has 2 atom stereocenters. The largest absolute Gasteiger partial charge is 0.465 e. The molecule has 2 unspecified atom stereocenters. The van der Waals surface area contributed by atoms with Crippen molar-refractivity contribution in [2.24, 2.45) is 11.7 Å². The first-order chi connectivity index (χ1) is 11.9. The fourth-order valence-corrected chi connectivity index (χ4v) is 2.76. The van der Waals surface area contributed by atoms with Crippen LogP contribution in [0.2, 0.25) is 0 Å². The lowest BCUT2D eigenvalue weighted by atomic mass is 9.79. The summed E-state index contributed by atoms with van der Waals surface area (Å²) >= 11 is 0. The van der Waals surface area contributed by atoms with Gasteiger partial charge in [0.15, 0.2) is 5.92 Å². The molecule has 7 heteroatoms. The third-order valence-electron chi connectivity index (χ3n) is 3.81. The van der Waals surface area contributed by atoms with E-state index >= 15 is 0 Å². The minimum atomic E-state index is -1.25. The van der Waals surface area contributed by atoms with Gasteiger partial charge in [0, 0.05) is 5.56 Å². The third-order valence-corrected chi connectivity index (χ3v) is 3.81. The molecule has 0 saturated carbocycles. The number of fused-ring (bicyclic) bond motifs is 1. The Morgan fingerprint density at radius 2 is 2.00 bits per heavy atom. The standard InChI is InChI=1S/C18H20N2O5/c1-4-23-17(21)12(9-19)14-11-8-10(3)6-7-13(11)25-16(20)15(14)18(22)24-5-2/h6-8,12,14H,4-5,20H2,1-3H3. The Balaban J connectivity index is 2.63. The lowest BCUT2D eigenvalue weighted by Gasteiger charge is -2.30. The van der Waals surface area contributed by atoms with Gasteiger partial charge in [-0.15, -0.1) is 0 Å². The van der Waals surface area contributed by atoms with E-state index in [0.717, 1.165) is 5.56 Å². The molecule has 2 N–H and O–H groups in total. The topological polar surface area (TPSA) is 112 Å². The quantitative estimate of drug-likeness (QED) is 0.812. The Hall–Kier alpha value is -3.01. The number of ether oxygens (including phenoxy) is 3. The summed E-state index contributed by atoms with van der Waals surface area (Å²) in [5, 5.41) is 9.58. The van der Waals surface area contributed by atoms with Crippen molar-refractivity contribution >= 4 is 11.9 Å². The average Bonchev–Trinajstić information content (AvgIpc) is 2.56. The van der Waals surface area contributed by atoms with Crippen molar-refractivity contribution in [1.82, 2.24) is 0 Å². The summed E-state index contributed by atoms with van der Waals surface area (Å²) < 4.78 is 15.6. The molecule has 0 spiro atoms. The molecule has 0 aromatic heterocycles. The van der Waals surface area contributed by atoms with Crippen LogP contribution in [0.1, 0.15) is 30.9 Å². The molecule has 0 aliphatic carbocycles. The van der Waals surface area contributed by atoms with E-state index < -0.39 is 23.8 Å². The molecule has 1 aliphatic heterocycles. The molecule has 0 fully saturated rings. The molecule has 25 heavy (non-hydrogen) atoms.